The van der Waals surface area contributed by atoms with Crippen molar-refractivity contribution in [2.75, 3.05) is 13.6 Å². The van der Waals surface area contributed by atoms with E-state index in [1.54, 1.807) is 11.3 Å². The fourth-order valence-corrected chi connectivity index (χ4v) is 2.30. The highest BCUT2D eigenvalue weighted by molar-refractivity contribution is 7.09. The number of likely N-dealkylation sites (N-methyl/N-ethyl adjacent to an activating group) is 1. The zero-order valence-electron chi connectivity index (χ0n) is 10.2. The van der Waals surface area contributed by atoms with Crippen molar-refractivity contribution in [1.29, 1.82) is 0 Å². The third-order valence-corrected chi connectivity index (χ3v) is 3.78. The lowest BCUT2D eigenvalue weighted by Gasteiger charge is -2.23. The van der Waals surface area contributed by atoms with Gasteiger partial charge in [0.25, 0.3) is 0 Å². The largest absolute Gasteiger partial charge is 0.298 e. The average molecular weight is 247 g/mol. The molecule has 0 aliphatic heterocycles. The van der Waals surface area contributed by atoms with Crippen molar-refractivity contribution in [2.24, 2.45) is 0 Å². The SMILES string of the molecule is CC(c1ccccn1)N(C)CCc1nccs1. The van der Waals surface area contributed by atoms with E-state index in [-0.39, 0.29) is 0 Å². The smallest absolute Gasteiger partial charge is 0.0937 e. The Morgan fingerprint density at radius 3 is 2.82 bits per heavy atom. The lowest BCUT2D eigenvalue weighted by atomic mass is 10.2. The fourth-order valence-electron chi connectivity index (χ4n) is 1.69. The first-order valence-corrected chi connectivity index (χ1v) is 6.65. The van der Waals surface area contributed by atoms with E-state index in [1.165, 1.54) is 5.01 Å². The van der Waals surface area contributed by atoms with Gasteiger partial charge >= 0.3 is 0 Å². The second kappa shape index (κ2) is 5.89. The molecule has 0 amide bonds. The molecule has 0 aromatic carbocycles. The molecular weight excluding hydrogens is 230 g/mol. The van der Waals surface area contributed by atoms with Gasteiger partial charge in [0.15, 0.2) is 0 Å². The van der Waals surface area contributed by atoms with Crippen molar-refractivity contribution in [3.8, 4) is 0 Å². The minimum absolute atomic E-state index is 0.344. The highest BCUT2D eigenvalue weighted by Gasteiger charge is 2.12. The fraction of sp³-hybridized carbons (Fsp3) is 0.385. The molecule has 1 unspecified atom stereocenters. The van der Waals surface area contributed by atoms with Gasteiger partial charge in [0.2, 0.25) is 0 Å². The van der Waals surface area contributed by atoms with Crippen LogP contribution in [0.2, 0.25) is 0 Å². The summed E-state index contributed by atoms with van der Waals surface area (Å²) in [6, 6.07) is 6.40. The number of hydrogen-bond donors (Lipinski definition) is 0. The second-order valence-electron chi connectivity index (χ2n) is 4.09. The third kappa shape index (κ3) is 3.35. The molecule has 0 N–H and O–H groups in total. The first-order chi connectivity index (χ1) is 8.27. The predicted octanol–water partition coefficient (Wildman–Crippen LogP) is 2.77. The van der Waals surface area contributed by atoms with Crippen LogP contribution in [0.25, 0.3) is 0 Å². The number of hydrogen-bond acceptors (Lipinski definition) is 4. The first-order valence-electron chi connectivity index (χ1n) is 5.77. The molecule has 17 heavy (non-hydrogen) atoms. The molecule has 0 aliphatic carbocycles. The summed E-state index contributed by atoms with van der Waals surface area (Å²) in [4.78, 5) is 11.0. The van der Waals surface area contributed by atoms with E-state index in [4.69, 9.17) is 0 Å². The molecule has 90 valence electrons. The van der Waals surface area contributed by atoms with Gasteiger partial charge < -0.3 is 0 Å². The minimum atomic E-state index is 0.344. The zero-order valence-corrected chi connectivity index (χ0v) is 11.0. The van der Waals surface area contributed by atoms with Crippen LogP contribution in [0, 0.1) is 0 Å². The second-order valence-corrected chi connectivity index (χ2v) is 5.07. The van der Waals surface area contributed by atoms with Crippen molar-refractivity contribution >= 4 is 11.3 Å². The molecule has 0 spiro atoms. The summed E-state index contributed by atoms with van der Waals surface area (Å²) in [6.45, 7) is 3.19. The Morgan fingerprint density at radius 2 is 2.18 bits per heavy atom. The van der Waals surface area contributed by atoms with E-state index in [0.717, 1.165) is 18.7 Å². The standard InChI is InChI=1S/C13H17N3S/c1-11(12-5-3-4-7-14-12)16(2)9-6-13-15-8-10-17-13/h3-5,7-8,10-11H,6,9H2,1-2H3. The van der Waals surface area contributed by atoms with Gasteiger partial charge in [0.05, 0.1) is 10.7 Å². The highest BCUT2D eigenvalue weighted by Crippen LogP contribution is 2.16. The summed E-state index contributed by atoms with van der Waals surface area (Å²) in [5.74, 6) is 0. The number of aromatic nitrogens is 2. The van der Waals surface area contributed by atoms with Gasteiger partial charge in [-0.1, -0.05) is 6.07 Å². The van der Waals surface area contributed by atoms with Gasteiger partial charge in [-0.05, 0) is 26.1 Å². The van der Waals surface area contributed by atoms with E-state index in [2.05, 4.69) is 34.9 Å². The minimum Gasteiger partial charge on any atom is -0.298 e. The van der Waals surface area contributed by atoms with E-state index in [0.29, 0.717) is 6.04 Å². The molecule has 0 saturated carbocycles. The zero-order chi connectivity index (χ0) is 12.1. The molecule has 0 aliphatic rings. The summed E-state index contributed by atoms with van der Waals surface area (Å²) in [5.41, 5.74) is 1.12. The maximum atomic E-state index is 4.39. The summed E-state index contributed by atoms with van der Waals surface area (Å²) in [5, 5.41) is 3.22. The van der Waals surface area contributed by atoms with Crippen molar-refractivity contribution in [2.45, 2.75) is 19.4 Å². The van der Waals surface area contributed by atoms with Crippen LogP contribution in [0.3, 0.4) is 0 Å². The summed E-state index contributed by atoms with van der Waals surface area (Å²) >= 11 is 1.72. The Bertz CT molecular complexity index is 427. The van der Waals surface area contributed by atoms with E-state index >= 15 is 0 Å². The number of thiazole rings is 1. The van der Waals surface area contributed by atoms with E-state index in [9.17, 15) is 0 Å². The van der Waals surface area contributed by atoms with Crippen LogP contribution >= 0.6 is 11.3 Å². The first kappa shape index (κ1) is 12.2. The monoisotopic (exact) mass is 247 g/mol. The molecule has 2 aromatic heterocycles. The molecule has 4 heteroatoms. The van der Waals surface area contributed by atoms with Gasteiger partial charge in [-0.25, -0.2) is 4.98 Å². The van der Waals surface area contributed by atoms with Gasteiger partial charge in [-0.2, -0.15) is 0 Å². The molecule has 2 heterocycles. The van der Waals surface area contributed by atoms with Gasteiger partial charge in [-0.3, -0.25) is 9.88 Å². The lowest BCUT2D eigenvalue weighted by Crippen LogP contribution is -2.25. The van der Waals surface area contributed by atoms with Crippen LogP contribution in [-0.2, 0) is 6.42 Å². The molecule has 0 saturated heterocycles. The summed E-state index contributed by atoms with van der Waals surface area (Å²) in [6.07, 6.45) is 4.72. The number of rotatable bonds is 5. The molecule has 2 aromatic rings. The molecule has 1 atom stereocenters. The number of pyridine rings is 1. The molecule has 0 bridgehead atoms. The van der Waals surface area contributed by atoms with Gasteiger partial charge in [-0.15, -0.1) is 11.3 Å². The maximum Gasteiger partial charge on any atom is 0.0937 e. The summed E-state index contributed by atoms with van der Waals surface area (Å²) < 4.78 is 0. The average Bonchev–Trinajstić information content (AvgIpc) is 2.89. The van der Waals surface area contributed by atoms with Crippen molar-refractivity contribution in [1.82, 2.24) is 14.9 Å². The van der Waals surface area contributed by atoms with Crippen molar-refractivity contribution < 1.29 is 0 Å². The Labute approximate surface area is 106 Å². The summed E-state index contributed by atoms with van der Waals surface area (Å²) in [7, 11) is 2.13. The van der Waals surface area contributed by atoms with Crippen LogP contribution in [0.1, 0.15) is 23.7 Å². The van der Waals surface area contributed by atoms with Crippen molar-refractivity contribution in [3.63, 3.8) is 0 Å². The van der Waals surface area contributed by atoms with Crippen LogP contribution < -0.4 is 0 Å². The van der Waals surface area contributed by atoms with Crippen LogP contribution in [0.15, 0.2) is 36.0 Å². The van der Waals surface area contributed by atoms with Gasteiger partial charge in [0, 0.05) is 36.8 Å². The third-order valence-electron chi connectivity index (χ3n) is 2.94. The molecule has 0 radical (unpaired) electrons. The lowest BCUT2D eigenvalue weighted by molar-refractivity contribution is 0.260. The normalized spacial score (nSPS) is 12.9. The quantitative estimate of drug-likeness (QED) is 0.813. The van der Waals surface area contributed by atoms with Crippen LogP contribution in [0.5, 0.6) is 0 Å². The molecule has 3 nitrogen and oxygen atoms in total. The van der Waals surface area contributed by atoms with Crippen LogP contribution in [-0.4, -0.2) is 28.5 Å². The molecule has 0 fully saturated rings. The highest BCUT2D eigenvalue weighted by atomic mass is 32.1. The number of nitrogens with zero attached hydrogens (tertiary/aromatic N) is 3. The topological polar surface area (TPSA) is 29.0 Å². The van der Waals surface area contributed by atoms with E-state index < -0.39 is 0 Å². The Kier molecular flexibility index (Phi) is 4.23. The Balaban J connectivity index is 1.89. The van der Waals surface area contributed by atoms with Crippen molar-refractivity contribution in [3.05, 3.63) is 46.7 Å². The Morgan fingerprint density at radius 1 is 1.29 bits per heavy atom. The molecular formula is C13H17N3S. The Hall–Kier alpha value is -1.26. The van der Waals surface area contributed by atoms with E-state index in [1.807, 2.05) is 29.9 Å². The molecule has 2 rings (SSSR count). The maximum absolute atomic E-state index is 4.39. The predicted molar refractivity (Wildman–Crippen MR) is 71.1 cm³/mol. The van der Waals surface area contributed by atoms with Crippen LogP contribution in [0.4, 0.5) is 0 Å². The van der Waals surface area contributed by atoms with Gasteiger partial charge in [0.1, 0.15) is 0 Å².